The zero-order valence-corrected chi connectivity index (χ0v) is 12.5. The van der Waals surface area contributed by atoms with Crippen molar-refractivity contribution in [1.82, 2.24) is 9.88 Å². The van der Waals surface area contributed by atoms with Crippen LogP contribution in [0.25, 0.3) is 10.9 Å². The number of fused-ring (bicyclic) bond motifs is 1. The molecule has 0 amide bonds. The zero-order valence-electron chi connectivity index (χ0n) is 12.5. The van der Waals surface area contributed by atoms with Crippen molar-refractivity contribution in [2.45, 2.75) is 25.4 Å². The summed E-state index contributed by atoms with van der Waals surface area (Å²) in [5.74, 6) is 0. The number of nitrogens with two attached hydrogens (primary N) is 1. The second-order valence-electron chi connectivity index (χ2n) is 5.58. The summed E-state index contributed by atoms with van der Waals surface area (Å²) >= 11 is 0. The molecule has 2 atom stereocenters. The smallest absolute Gasteiger partial charge is 0.0702 e. The molecule has 1 aliphatic rings. The van der Waals surface area contributed by atoms with Gasteiger partial charge in [0.05, 0.1) is 18.7 Å². The Hall–Kier alpha value is -1.49. The molecule has 21 heavy (non-hydrogen) atoms. The van der Waals surface area contributed by atoms with Gasteiger partial charge in [-0.2, -0.15) is 0 Å². The summed E-state index contributed by atoms with van der Waals surface area (Å²) in [4.78, 5) is 6.89. The van der Waals surface area contributed by atoms with E-state index >= 15 is 0 Å². The molecule has 2 heterocycles. The normalized spacial score (nSPS) is 21.5. The highest BCUT2D eigenvalue weighted by atomic mass is 16.5. The van der Waals surface area contributed by atoms with Crippen LogP contribution in [0.3, 0.4) is 0 Å². The van der Waals surface area contributed by atoms with Crippen molar-refractivity contribution in [2.75, 3.05) is 26.3 Å². The van der Waals surface area contributed by atoms with E-state index in [2.05, 4.69) is 41.1 Å². The van der Waals surface area contributed by atoms with E-state index in [1.54, 1.807) is 0 Å². The summed E-state index contributed by atoms with van der Waals surface area (Å²) in [6.45, 7) is 5.39. The molecule has 0 bridgehead atoms. The van der Waals surface area contributed by atoms with Gasteiger partial charge in [-0.15, -0.1) is 0 Å². The van der Waals surface area contributed by atoms with Crippen LogP contribution in [0.1, 0.15) is 24.9 Å². The van der Waals surface area contributed by atoms with Gasteiger partial charge < -0.3 is 10.5 Å². The van der Waals surface area contributed by atoms with Crippen molar-refractivity contribution in [3.8, 4) is 0 Å². The van der Waals surface area contributed by atoms with Crippen LogP contribution < -0.4 is 5.73 Å². The van der Waals surface area contributed by atoms with E-state index in [9.17, 15) is 0 Å². The molecule has 2 aromatic rings. The molecule has 0 spiro atoms. The monoisotopic (exact) mass is 285 g/mol. The summed E-state index contributed by atoms with van der Waals surface area (Å²) in [6.07, 6.45) is 2.92. The number of morpholine rings is 1. The number of benzene rings is 1. The second kappa shape index (κ2) is 6.52. The second-order valence-corrected chi connectivity index (χ2v) is 5.58. The van der Waals surface area contributed by atoms with Gasteiger partial charge in [-0.1, -0.05) is 19.1 Å². The van der Waals surface area contributed by atoms with Crippen molar-refractivity contribution in [3.05, 3.63) is 42.1 Å². The van der Waals surface area contributed by atoms with Crippen LogP contribution in [-0.4, -0.2) is 42.2 Å². The van der Waals surface area contributed by atoms with Crippen molar-refractivity contribution in [3.63, 3.8) is 0 Å². The van der Waals surface area contributed by atoms with Crippen LogP contribution >= 0.6 is 0 Å². The minimum atomic E-state index is 0.253. The third-order valence-corrected chi connectivity index (χ3v) is 4.38. The van der Waals surface area contributed by atoms with Crippen LogP contribution in [0.4, 0.5) is 0 Å². The standard InChI is InChI=1S/C17H23N3O/c1-2-15-12-21-9-8-20(15)17(11-18)14-5-6-16-13(10-14)4-3-7-19-16/h3-7,10,15,17H,2,8-9,11-12,18H2,1H3. The van der Waals surface area contributed by atoms with Gasteiger partial charge in [-0.3, -0.25) is 9.88 Å². The number of hydrogen-bond donors (Lipinski definition) is 1. The Morgan fingerprint density at radius 2 is 2.33 bits per heavy atom. The van der Waals surface area contributed by atoms with Crippen LogP contribution in [0.15, 0.2) is 36.5 Å². The number of nitrogens with zero attached hydrogens (tertiary/aromatic N) is 2. The number of rotatable bonds is 4. The summed E-state index contributed by atoms with van der Waals surface area (Å²) in [7, 11) is 0. The molecule has 1 aliphatic heterocycles. The van der Waals surface area contributed by atoms with Gasteiger partial charge in [-0.25, -0.2) is 0 Å². The molecule has 0 radical (unpaired) electrons. The van der Waals surface area contributed by atoms with Gasteiger partial charge in [0.15, 0.2) is 0 Å². The lowest BCUT2D eigenvalue weighted by Gasteiger charge is -2.40. The van der Waals surface area contributed by atoms with E-state index in [0.29, 0.717) is 12.6 Å². The molecule has 0 saturated carbocycles. The third-order valence-electron chi connectivity index (χ3n) is 4.38. The Kier molecular flexibility index (Phi) is 4.48. The Balaban J connectivity index is 1.93. The maximum atomic E-state index is 6.10. The molecule has 0 aliphatic carbocycles. The molecule has 1 fully saturated rings. The fraction of sp³-hybridized carbons (Fsp3) is 0.471. The minimum Gasteiger partial charge on any atom is -0.378 e. The van der Waals surface area contributed by atoms with Crippen LogP contribution in [0.2, 0.25) is 0 Å². The van der Waals surface area contributed by atoms with Crippen molar-refractivity contribution < 1.29 is 4.74 Å². The molecule has 112 valence electrons. The Morgan fingerprint density at radius 1 is 1.43 bits per heavy atom. The van der Waals surface area contributed by atoms with Gasteiger partial charge in [0.1, 0.15) is 0 Å². The van der Waals surface area contributed by atoms with Crippen molar-refractivity contribution in [1.29, 1.82) is 0 Å². The van der Waals surface area contributed by atoms with E-state index < -0.39 is 0 Å². The fourth-order valence-corrected chi connectivity index (χ4v) is 3.19. The molecule has 3 rings (SSSR count). The number of pyridine rings is 1. The predicted octanol–water partition coefficient (Wildman–Crippen LogP) is 2.35. The largest absolute Gasteiger partial charge is 0.378 e. The number of aromatic nitrogens is 1. The van der Waals surface area contributed by atoms with E-state index in [4.69, 9.17) is 10.5 Å². The van der Waals surface area contributed by atoms with Gasteiger partial charge in [0.2, 0.25) is 0 Å². The first-order chi connectivity index (χ1) is 10.3. The highest BCUT2D eigenvalue weighted by Crippen LogP contribution is 2.27. The maximum absolute atomic E-state index is 6.10. The highest BCUT2D eigenvalue weighted by molar-refractivity contribution is 5.79. The molecule has 2 unspecified atom stereocenters. The first-order valence-electron chi connectivity index (χ1n) is 7.71. The molecule has 2 N–H and O–H groups in total. The quantitative estimate of drug-likeness (QED) is 0.937. The van der Waals surface area contributed by atoms with E-state index in [-0.39, 0.29) is 6.04 Å². The Morgan fingerprint density at radius 3 is 3.14 bits per heavy atom. The maximum Gasteiger partial charge on any atom is 0.0702 e. The molecular formula is C17H23N3O. The summed E-state index contributed by atoms with van der Waals surface area (Å²) in [5, 5.41) is 1.18. The minimum absolute atomic E-state index is 0.253. The average Bonchev–Trinajstić information content (AvgIpc) is 2.56. The first-order valence-corrected chi connectivity index (χ1v) is 7.71. The van der Waals surface area contributed by atoms with Gasteiger partial charge >= 0.3 is 0 Å². The van der Waals surface area contributed by atoms with Crippen molar-refractivity contribution in [2.24, 2.45) is 5.73 Å². The summed E-state index contributed by atoms with van der Waals surface area (Å²) in [5.41, 5.74) is 8.41. The van der Waals surface area contributed by atoms with Gasteiger partial charge in [0.25, 0.3) is 0 Å². The molecule has 4 heteroatoms. The summed E-state index contributed by atoms with van der Waals surface area (Å²) < 4.78 is 5.61. The highest BCUT2D eigenvalue weighted by Gasteiger charge is 2.28. The Labute approximate surface area is 125 Å². The van der Waals surface area contributed by atoms with E-state index in [0.717, 1.165) is 31.7 Å². The lowest BCUT2D eigenvalue weighted by atomic mass is 10.00. The van der Waals surface area contributed by atoms with E-state index in [1.807, 2.05) is 12.3 Å². The molecule has 1 aromatic carbocycles. The molecule has 4 nitrogen and oxygen atoms in total. The first kappa shape index (κ1) is 14.4. The topological polar surface area (TPSA) is 51.4 Å². The molecule has 1 aromatic heterocycles. The third kappa shape index (κ3) is 2.93. The lowest BCUT2D eigenvalue weighted by Crippen LogP contribution is -2.48. The number of hydrogen-bond acceptors (Lipinski definition) is 4. The van der Waals surface area contributed by atoms with Crippen molar-refractivity contribution >= 4 is 10.9 Å². The van der Waals surface area contributed by atoms with E-state index in [1.165, 1.54) is 10.9 Å². The van der Waals surface area contributed by atoms with Crippen LogP contribution in [0.5, 0.6) is 0 Å². The van der Waals surface area contributed by atoms with Gasteiger partial charge in [0, 0.05) is 36.8 Å². The zero-order chi connectivity index (χ0) is 14.7. The average molecular weight is 285 g/mol. The van der Waals surface area contributed by atoms with Crippen LogP contribution in [-0.2, 0) is 4.74 Å². The Bertz CT molecular complexity index is 601. The summed E-state index contributed by atoms with van der Waals surface area (Å²) in [6, 6.07) is 11.3. The SMILES string of the molecule is CCC1COCCN1C(CN)c1ccc2ncccc2c1. The van der Waals surface area contributed by atoms with Gasteiger partial charge in [-0.05, 0) is 30.2 Å². The van der Waals surface area contributed by atoms with Crippen LogP contribution in [0, 0.1) is 0 Å². The fourth-order valence-electron chi connectivity index (χ4n) is 3.19. The molecular weight excluding hydrogens is 262 g/mol. The number of ether oxygens (including phenoxy) is 1. The lowest BCUT2D eigenvalue weighted by molar-refractivity contribution is -0.0290. The molecule has 1 saturated heterocycles. The predicted molar refractivity (Wildman–Crippen MR) is 85.1 cm³/mol.